The average molecular weight is 433 g/mol. The summed E-state index contributed by atoms with van der Waals surface area (Å²) < 4.78 is 31.7. The molecule has 11 heteroatoms. The van der Waals surface area contributed by atoms with E-state index in [0.29, 0.717) is 17.2 Å². The number of aromatic nitrogens is 2. The van der Waals surface area contributed by atoms with E-state index in [0.717, 1.165) is 11.4 Å². The lowest BCUT2D eigenvalue weighted by Crippen LogP contribution is -2.21. The van der Waals surface area contributed by atoms with Gasteiger partial charge in [-0.25, -0.2) is 14.8 Å². The molecule has 0 unspecified atom stereocenters. The molecule has 0 bridgehead atoms. The molecule has 0 fully saturated rings. The average Bonchev–Trinajstić information content (AvgIpc) is 2.74. The van der Waals surface area contributed by atoms with Crippen molar-refractivity contribution in [2.75, 3.05) is 17.7 Å². The van der Waals surface area contributed by atoms with E-state index < -0.39 is 12.1 Å². The first kappa shape index (κ1) is 23.1. The number of para-hydroxylation sites is 1. The number of carboxylic acids is 1. The molecule has 2 aromatic heterocycles. The van der Waals surface area contributed by atoms with E-state index in [9.17, 15) is 18.0 Å². The highest BCUT2D eigenvalue weighted by Crippen LogP contribution is 2.23. The summed E-state index contributed by atoms with van der Waals surface area (Å²) in [6.45, 7) is 0. The molecule has 3 rings (SSSR count). The van der Waals surface area contributed by atoms with E-state index in [2.05, 4.69) is 25.9 Å². The first-order chi connectivity index (χ1) is 14.7. The number of halogens is 3. The van der Waals surface area contributed by atoms with Gasteiger partial charge < -0.3 is 21.1 Å². The second-order valence-corrected chi connectivity index (χ2v) is 5.82. The van der Waals surface area contributed by atoms with Crippen LogP contribution in [0, 0.1) is 0 Å². The number of nitrogens with one attached hydrogen (secondary N) is 3. The zero-order valence-corrected chi connectivity index (χ0v) is 16.1. The Balaban J connectivity index is 0.000000423. The van der Waals surface area contributed by atoms with Gasteiger partial charge in [0.05, 0.1) is 11.3 Å². The van der Waals surface area contributed by atoms with Gasteiger partial charge in [0.2, 0.25) is 0 Å². The van der Waals surface area contributed by atoms with Crippen molar-refractivity contribution in [1.82, 2.24) is 15.3 Å². The smallest absolute Gasteiger partial charge is 0.475 e. The number of aliphatic carboxylic acids is 1. The number of nitrogens with zero attached hydrogens (tertiary/aromatic N) is 2. The van der Waals surface area contributed by atoms with Crippen molar-refractivity contribution in [2.45, 2.75) is 6.18 Å². The van der Waals surface area contributed by atoms with Crippen LogP contribution < -0.4 is 16.0 Å². The van der Waals surface area contributed by atoms with Crippen molar-refractivity contribution in [3.63, 3.8) is 0 Å². The fourth-order valence-corrected chi connectivity index (χ4v) is 2.22. The molecule has 162 valence electrons. The summed E-state index contributed by atoms with van der Waals surface area (Å²) in [6.07, 6.45) is -1.68. The second-order valence-electron chi connectivity index (χ2n) is 5.82. The maximum Gasteiger partial charge on any atom is 0.490 e. The maximum absolute atomic E-state index is 11.9. The largest absolute Gasteiger partial charge is 0.490 e. The molecule has 0 aliphatic carbocycles. The number of pyridine rings is 2. The summed E-state index contributed by atoms with van der Waals surface area (Å²) in [5.41, 5.74) is 2.13. The highest BCUT2D eigenvalue weighted by molar-refractivity contribution is 6.00. The predicted molar refractivity (Wildman–Crippen MR) is 109 cm³/mol. The SMILES string of the molecule is CNC(=O)c1ccccc1Nc1ccnc(Nc2ccccn2)c1.O=C(O)C(F)(F)F. The van der Waals surface area contributed by atoms with Crippen LogP contribution in [0.25, 0.3) is 0 Å². The normalized spacial score (nSPS) is 10.3. The molecule has 3 aromatic rings. The van der Waals surface area contributed by atoms with Crippen LogP contribution in [0.2, 0.25) is 0 Å². The molecule has 2 heterocycles. The van der Waals surface area contributed by atoms with E-state index in [1.54, 1.807) is 25.5 Å². The van der Waals surface area contributed by atoms with Gasteiger partial charge in [-0.05, 0) is 30.3 Å². The maximum atomic E-state index is 11.9. The molecule has 0 aliphatic rings. The Morgan fingerprint density at radius 2 is 1.55 bits per heavy atom. The minimum atomic E-state index is -5.08. The summed E-state index contributed by atoms with van der Waals surface area (Å²) in [4.78, 5) is 29.3. The van der Waals surface area contributed by atoms with E-state index in [4.69, 9.17) is 9.90 Å². The van der Waals surface area contributed by atoms with Crippen LogP contribution in [0.3, 0.4) is 0 Å². The molecule has 0 spiro atoms. The Morgan fingerprint density at radius 1 is 0.903 bits per heavy atom. The van der Waals surface area contributed by atoms with Crippen LogP contribution in [0.4, 0.5) is 36.2 Å². The predicted octanol–water partition coefficient (Wildman–Crippen LogP) is 3.96. The van der Waals surface area contributed by atoms with Gasteiger partial charge in [0, 0.05) is 31.2 Å². The number of amides is 1. The Kier molecular flexibility index (Phi) is 7.89. The molecule has 0 saturated carbocycles. The van der Waals surface area contributed by atoms with Crippen molar-refractivity contribution >= 4 is 34.9 Å². The van der Waals surface area contributed by atoms with Crippen molar-refractivity contribution in [3.8, 4) is 0 Å². The van der Waals surface area contributed by atoms with Gasteiger partial charge in [0.15, 0.2) is 0 Å². The third-order valence-corrected chi connectivity index (χ3v) is 3.60. The first-order valence-electron chi connectivity index (χ1n) is 8.73. The summed E-state index contributed by atoms with van der Waals surface area (Å²) in [7, 11) is 1.61. The number of anilines is 4. The number of rotatable bonds is 5. The summed E-state index contributed by atoms with van der Waals surface area (Å²) in [5.74, 6) is -1.52. The number of carboxylic acid groups (broad SMARTS) is 1. The lowest BCUT2D eigenvalue weighted by molar-refractivity contribution is -0.192. The van der Waals surface area contributed by atoms with Crippen LogP contribution in [-0.2, 0) is 4.79 Å². The molecule has 31 heavy (non-hydrogen) atoms. The van der Waals surface area contributed by atoms with Gasteiger partial charge in [-0.2, -0.15) is 13.2 Å². The van der Waals surface area contributed by atoms with Gasteiger partial charge in [-0.15, -0.1) is 0 Å². The fourth-order valence-electron chi connectivity index (χ4n) is 2.22. The van der Waals surface area contributed by atoms with E-state index in [-0.39, 0.29) is 5.91 Å². The third kappa shape index (κ3) is 7.31. The minimum Gasteiger partial charge on any atom is -0.475 e. The molecule has 1 aromatic carbocycles. The lowest BCUT2D eigenvalue weighted by Gasteiger charge is -2.12. The van der Waals surface area contributed by atoms with Crippen LogP contribution in [0.5, 0.6) is 0 Å². The highest BCUT2D eigenvalue weighted by atomic mass is 19.4. The van der Waals surface area contributed by atoms with Gasteiger partial charge in [0.1, 0.15) is 11.6 Å². The monoisotopic (exact) mass is 433 g/mol. The number of benzene rings is 1. The number of carbonyl (C=O) groups excluding carboxylic acids is 1. The number of hydrogen-bond acceptors (Lipinski definition) is 6. The topological polar surface area (TPSA) is 116 Å². The van der Waals surface area contributed by atoms with Gasteiger partial charge >= 0.3 is 12.1 Å². The molecule has 0 aliphatic heterocycles. The Hall–Kier alpha value is -4.15. The quantitative estimate of drug-likeness (QED) is 0.481. The highest BCUT2D eigenvalue weighted by Gasteiger charge is 2.38. The molecule has 0 atom stereocenters. The van der Waals surface area contributed by atoms with Crippen LogP contribution in [0.15, 0.2) is 67.0 Å². The molecule has 8 nitrogen and oxygen atoms in total. The Morgan fingerprint density at radius 3 is 2.16 bits per heavy atom. The summed E-state index contributed by atoms with van der Waals surface area (Å²) in [5, 5.41) is 16.2. The molecular formula is C20H18F3N5O3. The molecule has 1 amide bonds. The number of alkyl halides is 3. The minimum absolute atomic E-state index is 0.140. The van der Waals surface area contributed by atoms with Crippen molar-refractivity contribution < 1.29 is 27.9 Å². The van der Waals surface area contributed by atoms with Gasteiger partial charge in [-0.3, -0.25) is 4.79 Å². The van der Waals surface area contributed by atoms with Crippen LogP contribution >= 0.6 is 0 Å². The van der Waals surface area contributed by atoms with E-state index in [1.807, 2.05) is 48.5 Å². The Labute approximate surface area is 175 Å². The van der Waals surface area contributed by atoms with Crippen molar-refractivity contribution in [1.29, 1.82) is 0 Å². The van der Waals surface area contributed by atoms with E-state index in [1.165, 1.54) is 0 Å². The second kappa shape index (κ2) is 10.6. The third-order valence-electron chi connectivity index (χ3n) is 3.60. The summed E-state index contributed by atoms with van der Waals surface area (Å²) in [6, 6.07) is 16.6. The van der Waals surface area contributed by atoms with Crippen LogP contribution in [-0.4, -0.2) is 40.2 Å². The molecule has 0 radical (unpaired) electrons. The Bertz CT molecular complexity index is 1030. The van der Waals surface area contributed by atoms with Crippen LogP contribution in [0.1, 0.15) is 10.4 Å². The van der Waals surface area contributed by atoms with E-state index >= 15 is 0 Å². The fraction of sp³-hybridized carbons (Fsp3) is 0.100. The zero-order chi connectivity index (χ0) is 22.9. The molecule has 0 saturated heterocycles. The van der Waals surface area contributed by atoms with Crippen molar-refractivity contribution in [3.05, 3.63) is 72.6 Å². The van der Waals surface area contributed by atoms with Gasteiger partial charge in [0.25, 0.3) is 5.91 Å². The standard InChI is InChI=1S/C18H17N5O.C2HF3O2/c1-19-18(24)14-6-2-3-7-15(14)22-13-9-11-21-17(12-13)23-16-8-4-5-10-20-16;3-2(4,5)1(6)7/h2-12H,1H3,(H,19,24)(H2,20,21,22,23);(H,6,7). The number of hydrogen-bond donors (Lipinski definition) is 4. The first-order valence-corrected chi connectivity index (χ1v) is 8.73. The van der Waals surface area contributed by atoms with Crippen molar-refractivity contribution in [2.24, 2.45) is 0 Å². The molecule has 4 N–H and O–H groups in total. The zero-order valence-electron chi connectivity index (χ0n) is 16.1. The van der Waals surface area contributed by atoms with Gasteiger partial charge in [-0.1, -0.05) is 18.2 Å². The lowest BCUT2D eigenvalue weighted by atomic mass is 10.1. The number of carbonyl (C=O) groups is 2. The molecular weight excluding hydrogens is 415 g/mol. The summed E-state index contributed by atoms with van der Waals surface area (Å²) >= 11 is 0.